The first-order valence-corrected chi connectivity index (χ1v) is 6.11. The van der Waals surface area contributed by atoms with Gasteiger partial charge in [0, 0.05) is 6.54 Å². The van der Waals surface area contributed by atoms with Crippen LogP contribution in [0.5, 0.6) is 5.75 Å². The third-order valence-electron chi connectivity index (χ3n) is 2.63. The van der Waals surface area contributed by atoms with Crippen LogP contribution in [0.25, 0.3) is 0 Å². The van der Waals surface area contributed by atoms with Gasteiger partial charge in [0.2, 0.25) is 0 Å². The fraction of sp³-hybridized carbons (Fsp3) is 0.385. The molecule has 0 heterocycles. The number of aliphatic hydroxyl groups is 3. The van der Waals surface area contributed by atoms with Crippen molar-refractivity contribution in [1.29, 1.82) is 0 Å². The number of aliphatic hydroxyl groups excluding tert-OH is 3. The molecule has 0 aliphatic rings. The first kappa shape index (κ1) is 19.8. The number of carboxylic acid groups (broad SMARTS) is 2. The summed E-state index contributed by atoms with van der Waals surface area (Å²) in [4.78, 5) is 19.5. The molecule has 0 radical (unpaired) electrons. The van der Waals surface area contributed by atoms with Crippen molar-refractivity contribution in [2.24, 2.45) is 5.73 Å². The predicted octanol–water partition coefficient (Wildman–Crippen LogP) is -1.43. The number of phenols is 1. The Morgan fingerprint density at radius 1 is 1.09 bits per heavy atom. The van der Waals surface area contributed by atoms with Crippen LogP contribution in [0.2, 0.25) is 0 Å². The Hall–Kier alpha value is -2.20. The van der Waals surface area contributed by atoms with E-state index >= 15 is 0 Å². The van der Waals surface area contributed by atoms with Crippen LogP contribution >= 0.6 is 0 Å². The molecule has 124 valence electrons. The van der Waals surface area contributed by atoms with Gasteiger partial charge in [0.05, 0.1) is 6.10 Å². The van der Waals surface area contributed by atoms with Gasteiger partial charge in [-0.05, 0) is 30.2 Å². The summed E-state index contributed by atoms with van der Waals surface area (Å²) in [5, 5.41) is 51.0. The van der Waals surface area contributed by atoms with Gasteiger partial charge in [0.25, 0.3) is 0 Å². The molecule has 1 aromatic carbocycles. The van der Waals surface area contributed by atoms with Crippen LogP contribution in [-0.4, -0.2) is 61.3 Å². The minimum absolute atomic E-state index is 0.199. The van der Waals surface area contributed by atoms with E-state index < -0.39 is 30.3 Å². The zero-order valence-electron chi connectivity index (χ0n) is 11.7. The molecule has 0 saturated carbocycles. The Morgan fingerprint density at radius 3 is 1.86 bits per heavy atom. The van der Waals surface area contributed by atoms with Gasteiger partial charge < -0.3 is 36.4 Å². The van der Waals surface area contributed by atoms with Crippen LogP contribution in [0, 0.1) is 6.92 Å². The van der Waals surface area contributed by atoms with E-state index in [4.69, 9.17) is 26.2 Å². The van der Waals surface area contributed by atoms with Gasteiger partial charge in [-0.2, -0.15) is 0 Å². The van der Waals surface area contributed by atoms with E-state index in [1.165, 1.54) is 0 Å². The second kappa shape index (κ2) is 8.95. The van der Waals surface area contributed by atoms with Gasteiger partial charge in [-0.25, -0.2) is 9.59 Å². The van der Waals surface area contributed by atoms with Crippen molar-refractivity contribution in [3.05, 3.63) is 29.3 Å². The lowest BCUT2D eigenvalue weighted by Gasteiger charge is -2.09. The molecule has 0 bridgehead atoms. The summed E-state index contributed by atoms with van der Waals surface area (Å²) in [5.41, 5.74) is 6.77. The third kappa shape index (κ3) is 6.06. The first-order chi connectivity index (χ1) is 10.1. The Balaban J connectivity index is 0.000000409. The maximum absolute atomic E-state index is 9.77. The lowest BCUT2D eigenvalue weighted by atomic mass is 10.1. The predicted molar refractivity (Wildman–Crippen MR) is 74.1 cm³/mol. The molecule has 1 rings (SSSR count). The Bertz CT molecular complexity index is 501. The van der Waals surface area contributed by atoms with Crippen molar-refractivity contribution in [3.63, 3.8) is 0 Å². The molecule has 0 saturated heterocycles. The topological polar surface area (TPSA) is 182 Å². The van der Waals surface area contributed by atoms with E-state index in [9.17, 15) is 19.8 Å². The summed E-state index contributed by atoms with van der Waals surface area (Å²) < 4.78 is 0. The Labute approximate surface area is 125 Å². The molecular formula is C13H19NO8. The highest BCUT2D eigenvalue weighted by Gasteiger charge is 2.29. The van der Waals surface area contributed by atoms with E-state index in [0.717, 1.165) is 11.1 Å². The van der Waals surface area contributed by atoms with E-state index in [0.29, 0.717) is 0 Å². The zero-order chi connectivity index (χ0) is 17.4. The van der Waals surface area contributed by atoms with E-state index in [1.54, 1.807) is 25.1 Å². The number of aliphatic carboxylic acids is 2. The Morgan fingerprint density at radius 2 is 1.55 bits per heavy atom. The standard InChI is InChI=1S/C9H13NO2.C4H6O6/c1-6-4-7(9(12)5-10)2-3-8(6)11;5-1(3(7)8)2(6)4(9)10/h2-4,9,11-12H,5,10H2,1H3;1-2,5-6H,(H,7,8)(H,9,10)/t9-;1-,2-/m01/s1. The summed E-state index contributed by atoms with van der Waals surface area (Å²) >= 11 is 0. The summed E-state index contributed by atoms with van der Waals surface area (Å²) in [6, 6.07) is 4.95. The number of phenolic OH excluding ortho intramolecular Hbond substituents is 1. The number of aryl methyl sites for hydroxylation is 1. The van der Waals surface area contributed by atoms with Gasteiger partial charge in [-0.1, -0.05) is 6.07 Å². The summed E-state index contributed by atoms with van der Waals surface area (Å²) in [6.07, 6.45) is -5.17. The number of nitrogens with two attached hydrogens (primary N) is 1. The quantitative estimate of drug-likeness (QED) is 0.342. The normalized spacial score (nSPS) is 14.2. The zero-order valence-corrected chi connectivity index (χ0v) is 11.7. The molecule has 8 N–H and O–H groups in total. The minimum Gasteiger partial charge on any atom is -0.508 e. The molecule has 9 nitrogen and oxygen atoms in total. The molecule has 0 aromatic heterocycles. The van der Waals surface area contributed by atoms with Crippen molar-refractivity contribution in [2.45, 2.75) is 25.2 Å². The SMILES string of the molecule is Cc1cc([C@@H](O)CN)ccc1O.O=C(O)[C@H](O)[C@@H](O)C(=O)O. The van der Waals surface area contributed by atoms with Crippen molar-refractivity contribution in [2.75, 3.05) is 6.54 Å². The molecule has 22 heavy (non-hydrogen) atoms. The second-order valence-corrected chi connectivity index (χ2v) is 4.36. The van der Waals surface area contributed by atoms with Crippen molar-refractivity contribution in [3.8, 4) is 5.75 Å². The van der Waals surface area contributed by atoms with Crippen LogP contribution in [0.15, 0.2) is 18.2 Å². The van der Waals surface area contributed by atoms with Gasteiger partial charge in [0.15, 0.2) is 12.2 Å². The monoisotopic (exact) mass is 317 g/mol. The number of carbonyl (C=O) groups is 2. The van der Waals surface area contributed by atoms with Crippen molar-refractivity contribution in [1.82, 2.24) is 0 Å². The lowest BCUT2D eigenvalue weighted by Crippen LogP contribution is -2.39. The number of rotatable bonds is 5. The van der Waals surface area contributed by atoms with E-state index in [1.807, 2.05) is 0 Å². The third-order valence-corrected chi connectivity index (χ3v) is 2.63. The van der Waals surface area contributed by atoms with Gasteiger partial charge in [-0.15, -0.1) is 0 Å². The van der Waals surface area contributed by atoms with Crippen LogP contribution in [-0.2, 0) is 9.59 Å². The van der Waals surface area contributed by atoms with Gasteiger partial charge in [-0.3, -0.25) is 0 Å². The minimum atomic E-state index is -2.27. The number of benzene rings is 1. The number of hydrogen-bond acceptors (Lipinski definition) is 7. The van der Waals surface area contributed by atoms with Crippen molar-refractivity contribution >= 4 is 11.9 Å². The van der Waals surface area contributed by atoms with Crippen molar-refractivity contribution < 1.29 is 40.2 Å². The molecule has 0 aliphatic carbocycles. The van der Waals surface area contributed by atoms with E-state index in [2.05, 4.69) is 0 Å². The molecule has 1 aromatic rings. The highest BCUT2D eigenvalue weighted by Crippen LogP contribution is 2.20. The fourth-order valence-corrected chi connectivity index (χ4v) is 1.29. The smallest absolute Gasteiger partial charge is 0.335 e. The van der Waals surface area contributed by atoms with Crippen LogP contribution in [0.4, 0.5) is 0 Å². The summed E-state index contributed by atoms with van der Waals surface area (Å²) in [6.45, 7) is 1.98. The Kier molecular flexibility index (Phi) is 8.05. The molecule has 0 amide bonds. The average molecular weight is 317 g/mol. The number of aromatic hydroxyl groups is 1. The maximum Gasteiger partial charge on any atom is 0.335 e. The fourth-order valence-electron chi connectivity index (χ4n) is 1.29. The molecule has 0 unspecified atom stereocenters. The van der Waals surface area contributed by atoms with Crippen LogP contribution in [0.1, 0.15) is 17.2 Å². The number of hydrogen-bond donors (Lipinski definition) is 7. The molecular weight excluding hydrogens is 298 g/mol. The molecule has 3 atom stereocenters. The molecule has 0 fully saturated rings. The van der Waals surface area contributed by atoms with Gasteiger partial charge >= 0.3 is 11.9 Å². The largest absolute Gasteiger partial charge is 0.508 e. The average Bonchev–Trinajstić information content (AvgIpc) is 2.48. The lowest BCUT2D eigenvalue weighted by molar-refractivity contribution is -0.165. The summed E-state index contributed by atoms with van der Waals surface area (Å²) in [7, 11) is 0. The second-order valence-electron chi connectivity index (χ2n) is 4.36. The number of carboxylic acids is 2. The van der Waals surface area contributed by atoms with E-state index in [-0.39, 0.29) is 12.3 Å². The maximum atomic E-state index is 9.77. The molecule has 9 heteroatoms. The van der Waals surface area contributed by atoms with Crippen LogP contribution < -0.4 is 5.73 Å². The molecule has 0 aliphatic heterocycles. The molecule has 0 spiro atoms. The van der Waals surface area contributed by atoms with Crippen LogP contribution in [0.3, 0.4) is 0 Å². The highest BCUT2D eigenvalue weighted by atomic mass is 16.4. The first-order valence-electron chi connectivity index (χ1n) is 6.11. The highest BCUT2D eigenvalue weighted by molar-refractivity contribution is 5.83. The van der Waals surface area contributed by atoms with Gasteiger partial charge in [0.1, 0.15) is 5.75 Å². The summed E-state index contributed by atoms with van der Waals surface area (Å²) in [5.74, 6) is -3.30.